The van der Waals surface area contributed by atoms with Gasteiger partial charge >= 0.3 is 0 Å². The Morgan fingerprint density at radius 3 is 2.29 bits per heavy atom. The summed E-state index contributed by atoms with van der Waals surface area (Å²) < 4.78 is 3.38. The van der Waals surface area contributed by atoms with Crippen LogP contribution in [0.5, 0.6) is 0 Å². The van der Waals surface area contributed by atoms with Gasteiger partial charge in [0.05, 0.1) is 0 Å². The van der Waals surface area contributed by atoms with Crippen LogP contribution >= 0.6 is 12.8 Å². The molecule has 1 N–H and O–H groups in total. The van der Waals surface area contributed by atoms with Crippen LogP contribution in [0, 0.1) is 0 Å². The van der Waals surface area contributed by atoms with Gasteiger partial charge in [0.2, 0.25) is 0 Å². The van der Waals surface area contributed by atoms with Crippen molar-refractivity contribution in [2.45, 2.75) is 6.92 Å². The number of hydroxylamine groups is 2. The fourth-order valence-corrected chi connectivity index (χ4v) is 0.194. The van der Waals surface area contributed by atoms with E-state index in [0.29, 0.717) is 5.84 Å². The molecule has 0 saturated carbocycles. The van der Waals surface area contributed by atoms with E-state index in [-0.39, 0.29) is 0 Å². The molecular weight excluding hydrogens is 112 g/mol. The summed E-state index contributed by atoms with van der Waals surface area (Å²) in [6, 6.07) is 0. The number of nitrogens with zero attached hydrogens (tertiary/aromatic N) is 2. The maximum atomic E-state index is 8.47. The Hall–Kier alpha value is -0.220. The quantitative estimate of drug-likeness (QED) is 0.212. The summed E-state index contributed by atoms with van der Waals surface area (Å²) in [6.07, 6.45) is 0. The van der Waals surface area contributed by atoms with Gasteiger partial charge in [-0.1, -0.05) is 0 Å². The van der Waals surface area contributed by atoms with Crippen molar-refractivity contribution in [3.8, 4) is 0 Å². The van der Waals surface area contributed by atoms with E-state index >= 15 is 0 Å². The van der Waals surface area contributed by atoms with Crippen molar-refractivity contribution in [2.24, 2.45) is 4.40 Å². The zero-order chi connectivity index (χ0) is 5.86. The van der Waals surface area contributed by atoms with Crippen molar-refractivity contribution < 1.29 is 5.21 Å². The van der Waals surface area contributed by atoms with Gasteiger partial charge < -0.3 is 0 Å². The first kappa shape index (κ1) is 6.78. The molecule has 0 atom stereocenters. The van der Waals surface area contributed by atoms with Gasteiger partial charge in [0.1, 0.15) is 5.84 Å². The van der Waals surface area contributed by atoms with E-state index in [1.54, 1.807) is 6.92 Å². The van der Waals surface area contributed by atoms with E-state index in [4.69, 9.17) is 5.21 Å². The number of hydrogen-bond donors (Lipinski definition) is 2. The zero-order valence-electron chi connectivity index (χ0n) is 4.29. The van der Waals surface area contributed by atoms with Crippen LogP contribution in [0.2, 0.25) is 0 Å². The molecule has 42 valence electrons. The molecule has 0 aromatic rings. The Labute approximate surface area is 48.2 Å². The summed E-state index contributed by atoms with van der Waals surface area (Å²) in [6.45, 7) is 1.65. The maximum Gasteiger partial charge on any atom is 0.133 e. The zero-order valence-corrected chi connectivity index (χ0v) is 5.18. The predicted molar refractivity (Wildman–Crippen MR) is 31.6 cm³/mol. The van der Waals surface area contributed by atoms with E-state index in [1.165, 1.54) is 7.05 Å². The molecule has 0 aliphatic carbocycles. The van der Waals surface area contributed by atoms with Crippen LogP contribution in [0.4, 0.5) is 0 Å². The Morgan fingerprint density at radius 2 is 2.29 bits per heavy atom. The molecule has 0 aliphatic rings. The molecule has 3 nitrogen and oxygen atoms in total. The molecule has 0 aliphatic heterocycles. The van der Waals surface area contributed by atoms with Crippen LogP contribution in [0.3, 0.4) is 0 Å². The molecule has 7 heavy (non-hydrogen) atoms. The molecule has 0 amide bonds. The van der Waals surface area contributed by atoms with Gasteiger partial charge in [-0.15, -0.1) is 0 Å². The molecule has 4 heteroatoms. The topological polar surface area (TPSA) is 35.8 Å². The number of thiol groups is 1. The molecule has 0 radical (unpaired) electrons. The van der Waals surface area contributed by atoms with Crippen LogP contribution in [0.15, 0.2) is 4.40 Å². The molecule has 0 aromatic carbocycles. The SMILES string of the molecule is C/C(=N/S)N(C)O. The summed E-state index contributed by atoms with van der Waals surface area (Å²) in [5, 5.41) is 9.37. The first-order valence-corrected chi connectivity index (χ1v) is 2.19. The van der Waals surface area contributed by atoms with Crippen molar-refractivity contribution in [1.82, 2.24) is 5.06 Å². The standard InChI is InChI=1S/C3H8N2OS/c1-3(4-7)5(2)6/h6-7H,1-2H3/b4-3-. The van der Waals surface area contributed by atoms with Crippen molar-refractivity contribution >= 4 is 18.7 Å². The largest absolute Gasteiger partial charge is 0.288 e. The molecule has 0 aromatic heterocycles. The molecule has 0 rings (SSSR count). The third kappa shape index (κ3) is 2.47. The summed E-state index contributed by atoms with van der Waals surface area (Å²) in [4.78, 5) is 0. The summed E-state index contributed by atoms with van der Waals surface area (Å²) >= 11 is 3.54. The molecule has 0 spiro atoms. The molecule has 0 bridgehead atoms. The van der Waals surface area contributed by atoms with Gasteiger partial charge in [-0.25, -0.2) is 9.46 Å². The second-order valence-corrected chi connectivity index (χ2v) is 1.37. The normalized spacial score (nSPS) is 11.7. The second kappa shape index (κ2) is 2.87. The molecule has 0 fully saturated rings. The molecule has 0 unspecified atom stereocenters. The van der Waals surface area contributed by atoms with E-state index in [0.717, 1.165) is 5.06 Å². The number of rotatable bonds is 0. The van der Waals surface area contributed by atoms with E-state index in [1.807, 2.05) is 0 Å². The van der Waals surface area contributed by atoms with Crippen molar-refractivity contribution in [3.63, 3.8) is 0 Å². The minimum atomic E-state index is 0.475. The minimum absolute atomic E-state index is 0.475. The van der Waals surface area contributed by atoms with Crippen LogP contribution in [-0.4, -0.2) is 23.2 Å². The Kier molecular flexibility index (Phi) is 2.78. The lowest BCUT2D eigenvalue weighted by Gasteiger charge is -2.05. The first-order chi connectivity index (χ1) is 3.18. The average Bonchev–Trinajstić information content (AvgIpc) is 1.65. The summed E-state index contributed by atoms with van der Waals surface area (Å²) in [5.41, 5.74) is 0. The lowest BCUT2D eigenvalue weighted by Crippen LogP contribution is -2.18. The van der Waals surface area contributed by atoms with Gasteiger partial charge in [0, 0.05) is 7.05 Å². The number of hydrogen-bond acceptors (Lipinski definition) is 3. The highest BCUT2D eigenvalue weighted by atomic mass is 32.1. The third-order valence-corrected chi connectivity index (χ3v) is 0.902. The van der Waals surface area contributed by atoms with Crippen molar-refractivity contribution in [1.29, 1.82) is 0 Å². The summed E-state index contributed by atoms with van der Waals surface area (Å²) in [7, 11) is 1.48. The highest BCUT2D eigenvalue weighted by molar-refractivity contribution is 7.79. The van der Waals surface area contributed by atoms with E-state index in [2.05, 4.69) is 17.2 Å². The number of amidine groups is 1. The average molecular weight is 120 g/mol. The Balaban J connectivity index is 3.56. The molecular formula is C3H8N2OS. The lowest BCUT2D eigenvalue weighted by molar-refractivity contribution is 0.0132. The summed E-state index contributed by atoms with van der Waals surface area (Å²) in [5.74, 6) is 0.475. The van der Waals surface area contributed by atoms with Crippen molar-refractivity contribution in [3.05, 3.63) is 0 Å². The van der Waals surface area contributed by atoms with Gasteiger partial charge in [-0.05, 0) is 19.7 Å². The van der Waals surface area contributed by atoms with Crippen LogP contribution in [0.25, 0.3) is 0 Å². The Bertz CT molecular complexity index is 81.0. The van der Waals surface area contributed by atoms with E-state index in [9.17, 15) is 0 Å². The van der Waals surface area contributed by atoms with Gasteiger partial charge in [0.25, 0.3) is 0 Å². The molecule has 0 saturated heterocycles. The van der Waals surface area contributed by atoms with Crippen LogP contribution in [-0.2, 0) is 0 Å². The van der Waals surface area contributed by atoms with Crippen LogP contribution < -0.4 is 0 Å². The smallest absolute Gasteiger partial charge is 0.133 e. The lowest BCUT2D eigenvalue weighted by atomic mass is 10.7. The highest BCUT2D eigenvalue weighted by Crippen LogP contribution is 1.82. The maximum absolute atomic E-state index is 8.47. The predicted octanol–water partition coefficient (Wildman–Crippen LogP) is 0.571. The Morgan fingerprint density at radius 1 is 1.86 bits per heavy atom. The van der Waals surface area contributed by atoms with E-state index < -0.39 is 0 Å². The minimum Gasteiger partial charge on any atom is -0.288 e. The van der Waals surface area contributed by atoms with Crippen LogP contribution in [0.1, 0.15) is 6.92 Å². The monoisotopic (exact) mass is 120 g/mol. The fourth-order valence-electron chi connectivity index (χ4n) is 0.0647. The molecule has 0 heterocycles. The first-order valence-electron chi connectivity index (χ1n) is 1.79. The van der Waals surface area contributed by atoms with Gasteiger partial charge in [-0.3, -0.25) is 5.21 Å². The van der Waals surface area contributed by atoms with Gasteiger partial charge in [0.15, 0.2) is 0 Å². The van der Waals surface area contributed by atoms with Gasteiger partial charge in [-0.2, -0.15) is 0 Å². The van der Waals surface area contributed by atoms with Crippen molar-refractivity contribution in [2.75, 3.05) is 7.05 Å². The second-order valence-electron chi connectivity index (χ2n) is 1.17. The highest BCUT2D eigenvalue weighted by Gasteiger charge is 1.88. The third-order valence-electron chi connectivity index (χ3n) is 0.613. The fraction of sp³-hybridized carbons (Fsp3) is 0.667.